The quantitative estimate of drug-likeness (QED) is 0.383. The SMILES string of the molecule is COc1ccc(CC(=O)O)c(OCc2c(C)oc3ccc(-c4cccc(CN)c4F)cc23)c1. The summed E-state index contributed by atoms with van der Waals surface area (Å²) in [6.45, 7) is 2.09. The van der Waals surface area contributed by atoms with E-state index >= 15 is 0 Å². The van der Waals surface area contributed by atoms with Crippen LogP contribution in [0.5, 0.6) is 11.5 Å². The number of benzene rings is 3. The van der Waals surface area contributed by atoms with E-state index in [-0.39, 0.29) is 25.4 Å². The number of rotatable bonds is 8. The highest BCUT2D eigenvalue weighted by atomic mass is 19.1. The largest absolute Gasteiger partial charge is 0.497 e. The molecular weight excluding hydrogens is 425 g/mol. The molecule has 170 valence electrons. The van der Waals surface area contributed by atoms with Crippen molar-refractivity contribution in [3.8, 4) is 22.6 Å². The van der Waals surface area contributed by atoms with Crippen LogP contribution in [-0.4, -0.2) is 18.2 Å². The number of ether oxygens (including phenoxy) is 2. The van der Waals surface area contributed by atoms with Crippen LogP contribution in [0, 0.1) is 12.7 Å². The molecule has 4 aromatic rings. The van der Waals surface area contributed by atoms with Crippen LogP contribution in [-0.2, 0) is 24.4 Å². The van der Waals surface area contributed by atoms with Gasteiger partial charge in [0, 0.05) is 40.3 Å². The molecule has 6 nitrogen and oxygen atoms in total. The number of hydrogen-bond donors (Lipinski definition) is 2. The van der Waals surface area contributed by atoms with Gasteiger partial charge in [0.15, 0.2) is 0 Å². The number of carboxylic acid groups (broad SMARTS) is 1. The second kappa shape index (κ2) is 9.34. The molecular formula is C26H24FNO5. The van der Waals surface area contributed by atoms with Crippen LogP contribution in [0.1, 0.15) is 22.5 Å². The van der Waals surface area contributed by atoms with E-state index in [0.29, 0.717) is 45.1 Å². The third-order valence-electron chi connectivity index (χ3n) is 5.59. The lowest BCUT2D eigenvalue weighted by atomic mass is 9.99. The molecule has 3 aromatic carbocycles. The van der Waals surface area contributed by atoms with Crippen LogP contribution in [0.15, 0.2) is 59.0 Å². The second-order valence-corrected chi connectivity index (χ2v) is 7.66. The third kappa shape index (κ3) is 4.54. The van der Waals surface area contributed by atoms with Gasteiger partial charge in [-0.1, -0.05) is 30.3 Å². The Hall–Kier alpha value is -3.84. The Balaban J connectivity index is 1.70. The summed E-state index contributed by atoms with van der Waals surface area (Å²) in [5.41, 5.74) is 9.25. The van der Waals surface area contributed by atoms with E-state index < -0.39 is 5.97 Å². The Kier molecular flexibility index (Phi) is 6.33. The Bertz CT molecular complexity index is 1330. The summed E-state index contributed by atoms with van der Waals surface area (Å²) in [5.74, 6) is 0.350. The normalized spacial score (nSPS) is 11.0. The van der Waals surface area contributed by atoms with Crippen LogP contribution in [0.3, 0.4) is 0 Å². The molecule has 0 amide bonds. The Morgan fingerprint density at radius 2 is 1.94 bits per heavy atom. The van der Waals surface area contributed by atoms with Gasteiger partial charge < -0.3 is 24.7 Å². The van der Waals surface area contributed by atoms with Crippen molar-refractivity contribution in [2.75, 3.05) is 7.11 Å². The molecule has 0 bridgehead atoms. The van der Waals surface area contributed by atoms with E-state index in [2.05, 4.69) is 0 Å². The Labute approximate surface area is 190 Å². The molecule has 0 atom stereocenters. The molecule has 33 heavy (non-hydrogen) atoms. The number of halogens is 1. The molecule has 1 aromatic heterocycles. The zero-order valence-electron chi connectivity index (χ0n) is 18.4. The van der Waals surface area contributed by atoms with Crippen molar-refractivity contribution in [3.63, 3.8) is 0 Å². The van der Waals surface area contributed by atoms with E-state index in [1.54, 1.807) is 42.5 Å². The van der Waals surface area contributed by atoms with Crippen molar-refractivity contribution in [2.45, 2.75) is 26.5 Å². The van der Waals surface area contributed by atoms with E-state index in [4.69, 9.17) is 19.6 Å². The molecule has 0 saturated carbocycles. The average molecular weight is 449 g/mol. The standard InChI is InChI=1S/C26H24FNO5/c1-15-22(14-32-24-12-19(31-2)8-6-17(24)11-25(29)30)21-10-16(7-9-23(21)33-15)20-5-3-4-18(13-28)26(20)27/h3-10,12H,11,13-14,28H2,1-2H3,(H,29,30). The highest BCUT2D eigenvalue weighted by Gasteiger charge is 2.17. The van der Waals surface area contributed by atoms with Crippen LogP contribution in [0.25, 0.3) is 22.1 Å². The van der Waals surface area contributed by atoms with Crippen LogP contribution >= 0.6 is 0 Å². The first-order chi connectivity index (χ1) is 15.9. The van der Waals surface area contributed by atoms with Crippen molar-refractivity contribution in [1.29, 1.82) is 0 Å². The highest BCUT2D eigenvalue weighted by Crippen LogP contribution is 2.34. The maximum atomic E-state index is 14.9. The maximum absolute atomic E-state index is 14.9. The molecule has 0 radical (unpaired) electrons. The zero-order valence-corrected chi connectivity index (χ0v) is 18.4. The van der Waals surface area contributed by atoms with Gasteiger partial charge in [0.1, 0.15) is 35.3 Å². The Morgan fingerprint density at radius 3 is 2.67 bits per heavy atom. The van der Waals surface area contributed by atoms with Gasteiger partial charge in [-0.3, -0.25) is 4.79 Å². The first-order valence-electron chi connectivity index (χ1n) is 10.4. The molecule has 0 unspecified atom stereocenters. The molecule has 0 fully saturated rings. The van der Waals surface area contributed by atoms with Crippen molar-refractivity contribution in [3.05, 3.63) is 82.9 Å². The minimum absolute atomic E-state index is 0.116. The number of methoxy groups -OCH3 is 1. The lowest BCUT2D eigenvalue weighted by Gasteiger charge is -2.12. The second-order valence-electron chi connectivity index (χ2n) is 7.66. The molecule has 3 N–H and O–H groups in total. The topological polar surface area (TPSA) is 94.9 Å². The van der Waals surface area contributed by atoms with Crippen molar-refractivity contribution in [2.24, 2.45) is 5.73 Å². The monoisotopic (exact) mass is 449 g/mol. The minimum Gasteiger partial charge on any atom is -0.497 e. The lowest BCUT2D eigenvalue weighted by Crippen LogP contribution is -2.05. The van der Waals surface area contributed by atoms with Gasteiger partial charge in [-0.2, -0.15) is 0 Å². The number of aryl methyl sites for hydroxylation is 1. The lowest BCUT2D eigenvalue weighted by molar-refractivity contribution is -0.136. The number of nitrogens with two attached hydrogens (primary N) is 1. The number of furan rings is 1. The molecule has 0 saturated heterocycles. The maximum Gasteiger partial charge on any atom is 0.307 e. The van der Waals surface area contributed by atoms with Gasteiger partial charge in [-0.15, -0.1) is 0 Å². The Morgan fingerprint density at radius 1 is 1.12 bits per heavy atom. The highest BCUT2D eigenvalue weighted by molar-refractivity contribution is 5.87. The summed E-state index contributed by atoms with van der Waals surface area (Å²) in [6, 6.07) is 15.7. The van der Waals surface area contributed by atoms with Gasteiger partial charge in [-0.25, -0.2) is 4.39 Å². The summed E-state index contributed by atoms with van der Waals surface area (Å²) in [5, 5.41) is 10.0. The van der Waals surface area contributed by atoms with E-state index in [1.807, 2.05) is 19.1 Å². The number of fused-ring (bicyclic) bond motifs is 1. The fourth-order valence-corrected chi connectivity index (χ4v) is 3.83. The molecule has 0 aliphatic rings. The van der Waals surface area contributed by atoms with Gasteiger partial charge in [0.05, 0.1) is 13.5 Å². The fraction of sp³-hybridized carbons (Fsp3) is 0.192. The molecule has 1 heterocycles. The summed E-state index contributed by atoms with van der Waals surface area (Å²) < 4.78 is 32.0. The zero-order chi connectivity index (χ0) is 23.5. The molecule has 7 heteroatoms. The predicted octanol–water partition coefficient (Wildman–Crippen LogP) is 5.22. The smallest absolute Gasteiger partial charge is 0.307 e. The van der Waals surface area contributed by atoms with Gasteiger partial charge in [-0.05, 0) is 30.7 Å². The van der Waals surface area contributed by atoms with Crippen LogP contribution in [0.4, 0.5) is 4.39 Å². The third-order valence-corrected chi connectivity index (χ3v) is 5.59. The molecule has 0 aliphatic carbocycles. The number of aliphatic carboxylic acids is 1. The van der Waals surface area contributed by atoms with E-state index in [9.17, 15) is 14.3 Å². The summed E-state index contributed by atoms with van der Waals surface area (Å²) in [6.07, 6.45) is -0.175. The minimum atomic E-state index is -0.957. The first kappa shape index (κ1) is 22.4. The predicted molar refractivity (Wildman–Crippen MR) is 123 cm³/mol. The molecule has 0 spiro atoms. The van der Waals surface area contributed by atoms with Crippen LogP contribution in [0.2, 0.25) is 0 Å². The fourth-order valence-electron chi connectivity index (χ4n) is 3.83. The first-order valence-corrected chi connectivity index (χ1v) is 10.4. The van der Waals surface area contributed by atoms with E-state index in [0.717, 1.165) is 10.9 Å². The van der Waals surface area contributed by atoms with Crippen molar-refractivity contribution >= 4 is 16.9 Å². The number of carbonyl (C=O) groups is 1. The van der Waals surface area contributed by atoms with E-state index in [1.165, 1.54) is 7.11 Å². The van der Waals surface area contributed by atoms with Crippen molar-refractivity contribution < 1.29 is 28.2 Å². The number of carboxylic acids is 1. The van der Waals surface area contributed by atoms with Gasteiger partial charge in [0.2, 0.25) is 0 Å². The van der Waals surface area contributed by atoms with Gasteiger partial charge in [0.25, 0.3) is 0 Å². The van der Waals surface area contributed by atoms with Crippen LogP contribution < -0.4 is 15.2 Å². The molecule has 0 aliphatic heterocycles. The van der Waals surface area contributed by atoms with Crippen molar-refractivity contribution in [1.82, 2.24) is 0 Å². The average Bonchev–Trinajstić information content (AvgIpc) is 3.12. The van der Waals surface area contributed by atoms with Gasteiger partial charge >= 0.3 is 5.97 Å². The summed E-state index contributed by atoms with van der Waals surface area (Å²) in [4.78, 5) is 11.2. The summed E-state index contributed by atoms with van der Waals surface area (Å²) in [7, 11) is 1.53. The molecule has 4 rings (SSSR count). The summed E-state index contributed by atoms with van der Waals surface area (Å²) >= 11 is 0. The number of hydrogen-bond acceptors (Lipinski definition) is 5.